The Morgan fingerprint density at radius 3 is 2.65 bits per heavy atom. The van der Waals surface area contributed by atoms with E-state index in [0.29, 0.717) is 0 Å². The first-order valence-corrected chi connectivity index (χ1v) is 7.92. The van der Waals surface area contributed by atoms with Crippen molar-refractivity contribution in [1.29, 1.82) is 0 Å². The number of benzene rings is 1. The predicted molar refractivity (Wildman–Crippen MR) is 82.8 cm³/mol. The fourth-order valence-corrected chi connectivity index (χ4v) is 3.07. The normalized spacial score (nSPS) is 19.2. The third-order valence-electron chi connectivity index (χ3n) is 4.29. The molecule has 0 bridgehead atoms. The van der Waals surface area contributed by atoms with Gasteiger partial charge in [0.1, 0.15) is 0 Å². The molecular weight excluding hydrogens is 305 g/mol. The molecule has 0 aromatic heterocycles. The Bertz CT molecular complexity index is 545. The highest BCUT2D eigenvalue weighted by Gasteiger charge is 2.33. The van der Waals surface area contributed by atoms with Gasteiger partial charge in [-0.25, -0.2) is 0 Å². The van der Waals surface area contributed by atoms with Gasteiger partial charge in [-0.3, -0.25) is 9.69 Å². The van der Waals surface area contributed by atoms with Crippen molar-refractivity contribution in [2.45, 2.75) is 44.9 Å². The van der Waals surface area contributed by atoms with Crippen molar-refractivity contribution in [2.24, 2.45) is 0 Å². The van der Waals surface area contributed by atoms with Crippen LogP contribution in [0.1, 0.15) is 37.3 Å². The number of amides is 1. The van der Waals surface area contributed by atoms with Crippen LogP contribution in [0.4, 0.5) is 13.2 Å². The molecule has 0 radical (unpaired) electrons. The molecule has 1 saturated heterocycles. The maximum absolute atomic E-state index is 13.0. The second kappa shape index (κ2) is 7.34. The number of likely N-dealkylation sites (tertiary alicyclic amines) is 1. The van der Waals surface area contributed by atoms with Crippen LogP contribution in [0.3, 0.4) is 0 Å². The number of halogens is 3. The Morgan fingerprint density at radius 1 is 1.30 bits per heavy atom. The Balaban J connectivity index is 2.00. The van der Waals surface area contributed by atoms with Gasteiger partial charge in [0.25, 0.3) is 0 Å². The van der Waals surface area contributed by atoms with Crippen LogP contribution in [-0.4, -0.2) is 41.9 Å². The third-order valence-corrected chi connectivity index (χ3v) is 4.29. The summed E-state index contributed by atoms with van der Waals surface area (Å²) in [6.07, 6.45) is -1.26. The first kappa shape index (κ1) is 17.8. The number of piperidine rings is 1. The predicted octanol–water partition coefficient (Wildman–Crippen LogP) is 3.54. The Kier molecular flexibility index (Phi) is 5.68. The van der Waals surface area contributed by atoms with Crippen LogP contribution in [0.15, 0.2) is 24.3 Å². The highest BCUT2D eigenvalue weighted by Crippen LogP contribution is 2.32. The van der Waals surface area contributed by atoms with E-state index in [9.17, 15) is 18.0 Å². The summed E-state index contributed by atoms with van der Waals surface area (Å²) in [6.45, 7) is 3.00. The Labute approximate surface area is 135 Å². The lowest BCUT2D eigenvalue weighted by atomic mass is 10.0. The van der Waals surface area contributed by atoms with Gasteiger partial charge in [-0.15, -0.1) is 0 Å². The summed E-state index contributed by atoms with van der Waals surface area (Å²) in [5.41, 5.74) is -0.437. The summed E-state index contributed by atoms with van der Waals surface area (Å²) in [5.74, 6) is -0.0100. The van der Waals surface area contributed by atoms with Gasteiger partial charge in [-0.2, -0.15) is 13.2 Å². The van der Waals surface area contributed by atoms with E-state index in [1.54, 1.807) is 18.0 Å². The van der Waals surface area contributed by atoms with Gasteiger partial charge in [-0.1, -0.05) is 18.2 Å². The minimum absolute atomic E-state index is 0.0100. The number of likely N-dealkylation sites (N-methyl/N-ethyl adjacent to an activating group) is 1. The maximum Gasteiger partial charge on any atom is 0.416 e. The molecule has 0 saturated carbocycles. The van der Waals surface area contributed by atoms with Crippen LogP contribution in [0.5, 0.6) is 0 Å². The Morgan fingerprint density at radius 2 is 2.00 bits per heavy atom. The molecule has 1 aliphatic rings. The van der Waals surface area contributed by atoms with E-state index in [0.717, 1.165) is 31.9 Å². The van der Waals surface area contributed by atoms with Gasteiger partial charge < -0.3 is 4.90 Å². The zero-order chi connectivity index (χ0) is 17.0. The molecule has 1 aromatic carbocycles. The first-order valence-electron chi connectivity index (χ1n) is 7.92. The largest absolute Gasteiger partial charge is 0.416 e. The average Bonchev–Trinajstić information content (AvgIpc) is 2.46. The molecule has 0 aliphatic carbocycles. The van der Waals surface area contributed by atoms with E-state index in [2.05, 4.69) is 0 Å². The van der Waals surface area contributed by atoms with Crippen molar-refractivity contribution in [3.63, 3.8) is 0 Å². The van der Waals surface area contributed by atoms with E-state index in [-0.39, 0.29) is 30.6 Å². The molecule has 1 aliphatic heterocycles. The van der Waals surface area contributed by atoms with E-state index in [1.165, 1.54) is 12.1 Å². The van der Waals surface area contributed by atoms with Gasteiger partial charge in [0.05, 0.1) is 12.1 Å². The van der Waals surface area contributed by atoms with Crippen molar-refractivity contribution < 1.29 is 18.0 Å². The van der Waals surface area contributed by atoms with E-state index in [4.69, 9.17) is 0 Å². The molecule has 0 N–H and O–H groups in total. The van der Waals surface area contributed by atoms with Gasteiger partial charge in [-0.05, 0) is 44.9 Å². The van der Waals surface area contributed by atoms with Crippen molar-refractivity contribution in [3.05, 3.63) is 35.4 Å². The smallest absolute Gasteiger partial charge is 0.339 e. The molecular formula is C17H23F3N2O. The lowest BCUT2D eigenvalue weighted by molar-refractivity contribution is -0.138. The molecule has 1 heterocycles. The molecule has 1 atom stereocenters. The average molecular weight is 328 g/mol. The summed E-state index contributed by atoms with van der Waals surface area (Å²) >= 11 is 0. The lowest BCUT2D eigenvalue weighted by Crippen LogP contribution is -2.46. The number of carbonyl (C=O) groups is 1. The van der Waals surface area contributed by atoms with Crippen LogP contribution < -0.4 is 0 Å². The summed E-state index contributed by atoms with van der Waals surface area (Å²) in [7, 11) is 1.68. The standard InChI is InChI=1S/C17H23F3N2O/c1-13-7-5-6-10-22(13)16(23)12-21(2)11-14-8-3-4-9-15(14)17(18,19)20/h3-4,8-9,13H,5-7,10-12H2,1-2H3. The molecule has 1 aromatic rings. The van der Waals surface area contributed by atoms with E-state index >= 15 is 0 Å². The molecule has 0 spiro atoms. The summed E-state index contributed by atoms with van der Waals surface area (Å²) < 4.78 is 39.0. The van der Waals surface area contributed by atoms with Crippen LogP contribution in [0, 0.1) is 0 Å². The van der Waals surface area contributed by atoms with E-state index in [1.807, 2.05) is 11.8 Å². The van der Waals surface area contributed by atoms with Gasteiger partial charge in [0.15, 0.2) is 0 Å². The molecule has 6 heteroatoms. The van der Waals surface area contributed by atoms with Crippen molar-refractivity contribution in [2.75, 3.05) is 20.1 Å². The van der Waals surface area contributed by atoms with Crippen molar-refractivity contribution >= 4 is 5.91 Å². The fourth-order valence-electron chi connectivity index (χ4n) is 3.07. The minimum atomic E-state index is -4.37. The topological polar surface area (TPSA) is 23.6 Å². The molecule has 1 amide bonds. The number of hydrogen-bond acceptors (Lipinski definition) is 2. The first-order chi connectivity index (χ1) is 10.8. The van der Waals surface area contributed by atoms with Crippen LogP contribution in [0.25, 0.3) is 0 Å². The third kappa shape index (κ3) is 4.70. The molecule has 3 nitrogen and oxygen atoms in total. The molecule has 128 valence electrons. The number of alkyl halides is 3. The van der Waals surface area contributed by atoms with Gasteiger partial charge in [0.2, 0.25) is 5.91 Å². The SMILES string of the molecule is CC1CCCCN1C(=O)CN(C)Cc1ccccc1C(F)(F)F. The number of carbonyl (C=O) groups excluding carboxylic acids is 1. The summed E-state index contributed by atoms with van der Waals surface area (Å²) in [4.78, 5) is 15.8. The quantitative estimate of drug-likeness (QED) is 0.844. The zero-order valence-corrected chi connectivity index (χ0v) is 13.6. The molecule has 2 rings (SSSR count). The van der Waals surface area contributed by atoms with Crippen molar-refractivity contribution in [1.82, 2.24) is 9.80 Å². The molecule has 1 fully saturated rings. The van der Waals surface area contributed by atoms with Gasteiger partial charge >= 0.3 is 6.18 Å². The van der Waals surface area contributed by atoms with Crippen LogP contribution >= 0.6 is 0 Å². The van der Waals surface area contributed by atoms with Gasteiger partial charge in [0, 0.05) is 19.1 Å². The minimum Gasteiger partial charge on any atom is -0.339 e. The highest BCUT2D eigenvalue weighted by atomic mass is 19.4. The van der Waals surface area contributed by atoms with Crippen LogP contribution in [0.2, 0.25) is 0 Å². The Hall–Kier alpha value is -1.56. The number of hydrogen-bond donors (Lipinski definition) is 0. The highest BCUT2D eigenvalue weighted by molar-refractivity contribution is 5.78. The zero-order valence-electron chi connectivity index (χ0n) is 13.6. The van der Waals surface area contributed by atoms with Crippen molar-refractivity contribution in [3.8, 4) is 0 Å². The lowest BCUT2D eigenvalue weighted by Gasteiger charge is -2.34. The number of rotatable bonds is 4. The monoisotopic (exact) mass is 328 g/mol. The number of nitrogens with zero attached hydrogens (tertiary/aromatic N) is 2. The maximum atomic E-state index is 13.0. The van der Waals surface area contributed by atoms with E-state index < -0.39 is 11.7 Å². The van der Waals surface area contributed by atoms with Crippen LogP contribution in [-0.2, 0) is 17.5 Å². The molecule has 23 heavy (non-hydrogen) atoms. The second-order valence-corrected chi connectivity index (χ2v) is 6.26. The second-order valence-electron chi connectivity index (χ2n) is 6.26. The summed E-state index contributed by atoms with van der Waals surface area (Å²) in [5, 5.41) is 0. The molecule has 1 unspecified atom stereocenters. The fraction of sp³-hybridized carbons (Fsp3) is 0.588. The summed E-state index contributed by atoms with van der Waals surface area (Å²) in [6, 6.07) is 5.73.